The molecule has 0 N–H and O–H groups in total. The highest BCUT2D eigenvalue weighted by Gasteiger charge is 2.22. The van der Waals surface area contributed by atoms with E-state index >= 15 is 0 Å². The van der Waals surface area contributed by atoms with E-state index in [2.05, 4.69) is 27.7 Å². The quantitative estimate of drug-likeness (QED) is 0.289. The van der Waals surface area contributed by atoms with Gasteiger partial charge in [-0.05, 0) is 30.6 Å². The van der Waals surface area contributed by atoms with E-state index < -0.39 is 0 Å². The molecule has 0 spiro atoms. The van der Waals surface area contributed by atoms with E-state index in [4.69, 9.17) is 4.74 Å². The van der Waals surface area contributed by atoms with E-state index in [1.54, 1.807) is 0 Å². The van der Waals surface area contributed by atoms with Gasteiger partial charge in [0.15, 0.2) is 12.1 Å². The highest BCUT2D eigenvalue weighted by Crippen LogP contribution is 2.28. The van der Waals surface area contributed by atoms with Gasteiger partial charge in [-0.1, -0.05) is 53.9 Å². The molecule has 0 rings (SSSR count). The van der Waals surface area contributed by atoms with Crippen LogP contribution < -0.4 is 0 Å². The summed E-state index contributed by atoms with van der Waals surface area (Å²) in [7, 11) is 0. The highest BCUT2D eigenvalue weighted by molar-refractivity contribution is 6.25. The topological polar surface area (TPSA) is 43.4 Å². The SMILES string of the molecule is CCC[C@H](C(C)CC)C(C)COCC[C@@H](CC)C(=O)C=O. The summed E-state index contributed by atoms with van der Waals surface area (Å²) in [6, 6.07) is 0. The van der Waals surface area contributed by atoms with Gasteiger partial charge in [0, 0.05) is 19.1 Å². The number of Topliss-reactive ketones (excluding diaryl/α,β-unsaturated/α-hetero) is 1. The van der Waals surface area contributed by atoms with Gasteiger partial charge in [0.25, 0.3) is 0 Å². The zero-order valence-corrected chi connectivity index (χ0v) is 14.6. The van der Waals surface area contributed by atoms with Crippen molar-refractivity contribution in [1.29, 1.82) is 0 Å². The van der Waals surface area contributed by atoms with Crippen LogP contribution in [0.3, 0.4) is 0 Å². The summed E-state index contributed by atoms with van der Waals surface area (Å²) in [6.45, 7) is 12.3. The third-order valence-electron chi connectivity index (χ3n) is 4.73. The molecule has 4 atom stereocenters. The molecule has 21 heavy (non-hydrogen) atoms. The Morgan fingerprint density at radius 1 is 1.05 bits per heavy atom. The normalized spacial score (nSPS) is 17.0. The van der Waals surface area contributed by atoms with Gasteiger partial charge in [-0.15, -0.1) is 0 Å². The number of carbonyl (C=O) groups is 2. The predicted molar refractivity (Wildman–Crippen MR) is 87.3 cm³/mol. The van der Waals surface area contributed by atoms with Gasteiger partial charge in [-0.2, -0.15) is 0 Å². The van der Waals surface area contributed by atoms with Crippen LogP contribution in [0.15, 0.2) is 0 Å². The molecule has 3 nitrogen and oxygen atoms in total. The number of hydrogen-bond donors (Lipinski definition) is 0. The molecule has 0 aliphatic rings. The molecule has 124 valence electrons. The van der Waals surface area contributed by atoms with Crippen molar-refractivity contribution in [1.82, 2.24) is 0 Å². The summed E-state index contributed by atoms with van der Waals surface area (Å²) in [5.41, 5.74) is 0. The molecular weight excluding hydrogens is 264 g/mol. The Morgan fingerprint density at radius 3 is 2.19 bits per heavy atom. The summed E-state index contributed by atoms with van der Waals surface area (Å²) in [6.07, 6.45) is 5.48. The van der Waals surface area contributed by atoms with Crippen LogP contribution in [-0.4, -0.2) is 25.3 Å². The average molecular weight is 298 g/mol. The second-order valence-electron chi connectivity index (χ2n) is 6.30. The number of ketones is 1. The van der Waals surface area contributed by atoms with Crippen molar-refractivity contribution in [2.24, 2.45) is 23.7 Å². The molecule has 0 aliphatic heterocycles. The third kappa shape index (κ3) is 7.75. The molecule has 0 aromatic heterocycles. The summed E-state index contributed by atoms with van der Waals surface area (Å²) in [4.78, 5) is 21.9. The molecule has 0 saturated carbocycles. The van der Waals surface area contributed by atoms with E-state index in [1.165, 1.54) is 19.3 Å². The van der Waals surface area contributed by atoms with E-state index in [9.17, 15) is 9.59 Å². The maximum absolute atomic E-state index is 11.4. The molecule has 0 saturated heterocycles. The van der Waals surface area contributed by atoms with E-state index in [0.29, 0.717) is 37.6 Å². The summed E-state index contributed by atoms with van der Waals surface area (Å²) < 4.78 is 5.78. The second kappa shape index (κ2) is 11.9. The van der Waals surface area contributed by atoms with Crippen LogP contribution in [0.2, 0.25) is 0 Å². The van der Waals surface area contributed by atoms with Crippen LogP contribution in [-0.2, 0) is 14.3 Å². The van der Waals surface area contributed by atoms with Crippen LogP contribution in [0.5, 0.6) is 0 Å². The average Bonchev–Trinajstić information content (AvgIpc) is 2.50. The largest absolute Gasteiger partial charge is 0.381 e. The fourth-order valence-electron chi connectivity index (χ4n) is 3.03. The van der Waals surface area contributed by atoms with Gasteiger partial charge in [0.2, 0.25) is 0 Å². The first-order valence-electron chi connectivity index (χ1n) is 8.58. The highest BCUT2D eigenvalue weighted by atomic mass is 16.5. The van der Waals surface area contributed by atoms with Crippen LogP contribution in [0.1, 0.15) is 66.7 Å². The number of carbonyl (C=O) groups excluding carboxylic acids is 2. The maximum atomic E-state index is 11.4. The number of rotatable bonds is 13. The summed E-state index contributed by atoms with van der Waals surface area (Å²) in [5.74, 6) is 1.51. The first kappa shape index (κ1) is 20.3. The lowest BCUT2D eigenvalue weighted by Gasteiger charge is -2.29. The van der Waals surface area contributed by atoms with E-state index in [1.807, 2.05) is 6.92 Å². The predicted octanol–water partition coefficient (Wildman–Crippen LogP) is 4.29. The number of aldehydes is 1. The molecule has 0 aromatic carbocycles. The lowest BCUT2D eigenvalue weighted by atomic mass is 9.79. The number of hydrogen-bond acceptors (Lipinski definition) is 3. The van der Waals surface area contributed by atoms with Crippen LogP contribution in [0.25, 0.3) is 0 Å². The first-order chi connectivity index (χ1) is 10.0. The van der Waals surface area contributed by atoms with Gasteiger partial charge < -0.3 is 4.74 Å². The summed E-state index contributed by atoms with van der Waals surface area (Å²) in [5, 5.41) is 0. The van der Waals surface area contributed by atoms with Crippen molar-refractivity contribution in [3.63, 3.8) is 0 Å². The monoisotopic (exact) mass is 298 g/mol. The summed E-state index contributed by atoms with van der Waals surface area (Å²) >= 11 is 0. The van der Waals surface area contributed by atoms with Crippen molar-refractivity contribution in [3.8, 4) is 0 Å². The minimum Gasteiger partial charge on any atom is -0.381 e. The van der Waals surface area contributed by atoms with Crippen LogP contribution in [0, 0.1) is 23.7 Å². The minimum absolute atomic E-state index is 0.168. The van der Waals surface area contributed by atoms with Crippen molar-refractivity contribution in [2.75, 3.05) is 13.2 Å². The molecular formula is C18H34O3. The van der Waals surface area contributed by atoms with Crippen molar-refractivity contribution in [3.05, 3.63) is 0 Å². The van der Waals surface area contributed by atoms with Gasteiger partial charge in [0.05, 0.1) is 0 Å². The zero-order valence-electron chi connectivity index (χ0n) is 14.6. The minimum atomic E-state index is -0.294. The zero-order chi connectivity index (χ0) is 16.3. The molecule has 0 radical (unpaired) electrons. The molecule has 0 heterocycles. The Hall–Kier alpha value is -0.700. The van der Waals surface area contributed by atoms with Crippen LogP contribution in [0.4, 0.5) is 0 Å². The maximum Gasteiger partial charge on any atom is 0.198 e. The molecule has 0 aliphatic carbocycles. The third-order valence-corrected chi connectivity index (χ3v) is 4.73. The Morgan fingerprint density at radius 2 is 1.71 bits per heavy atom. The Labute approximate surface area is 130 Å². The van der Waals surface area contributed by atoms with Crippen molar-refractivity contribution in [2.45, 2.75) is 66.7 Å². The smallest absolute Gasteiger partial charge is 0.198 e. The van der Waals surface area contributed by atoms with Gasteiger partial charge >= 0.3 is 0 Å². The standard InChI is InChI=1S/C18H34O3/c1-6-9-17(14(4)7-2)15(5)13-21-11-10-16(8-3)18(20)12-19/h12,14-17H,6-11,13H2,1-5H3/t14?,15?,16-,17-/m1/s1. The van der Waals surface area contributed by atoms with Gasteiger partial charge in [-0.25, -0.2) is 0 Å². The molecule has 3 heteroatoms. The Kier molecular flexibility index (Phi) is 11.5. The van der Waals surface area contributed by atoms with Crippen molar-refractivity contribution >= 4 is 12.1 Å². The lowest BCUT2D eigenvalue weighted by molar-refractivity contribution is -0.133. The Bertz CT molecular complexity index is 288. The fraction of sp³-hybridized carbons (Fsp3) is 0.889. The number of ether oxygens (including phenoxy) is 1. The molecule has 2 unspecified atom stereocenters. The fourth-order valence-corrected chi connectivity index (χ4v) is 3.03. The van der Waals surface area contributed by atoms with Gasteiger partial charge in [-0.3, -0.25) is 9.59 Å². The molecule has 0 fully saturated rings. The van der Waals surface area contributed by atoms with E-state index in [-0.39, 0.29) is 11.7 Å². The molecule has 0 bridgehead atoms. The van der Waals surface area contributed by atoms with Gasteiger partial charge in [0.1, 0.15) is 0 Å². The van der Waals surface area contributed by atoms with E-state index in [0.717, 1.165) is 12.5 Å². The van der Waals surface area contributed by atoms with Crippen molar-refractivity contribution < 1.29 is 14.3 Å². The first-order valence-corrected chi connectivity index (χ1v) is 8.58. The lowest BCUT2D eigenvalue weighted by Crippen LogP contribution is -2.24. The molecule has 0 aromatic rings. The van der Waals surface area contributed by atoms with Crippen LogP contribution >= 0.6 is 0 Å². The Balaban J connectivity index is 4.13. The molecule has 0 amide bonds. The second-order valence-corrected chi connectivity index (χ2v) is 6.30.